The van der Waals surface area contributed by atoms with Gasteiger partial charge in [0.1, 0.15) is 11.6 Å². The first-order valence-corrected chi connectivity index (χ1v) is 16.0. The Bertz CT molecular complexity index is 1430. The molecule has 2 aromatic heterocycles. The molecule has 1 aromatic carbocycles. The molecule has 0 saturated carbocycles. The first-order valence-electron chi connectivity index (χ1n) is 13.5. The minimum absolute atomic E-state index is 0.376. The van der Waals surface area contributed by atoms with Crippen molar-refractivity contribution in [3.63, 3.8) is 0 Å². The van der Waals surface area contributed by atoms with Crippen molar-refractivity contribution in [2.75, 3.05) is 49.7 Å². The van der Waals surface area contributed by atoms with Gasteiger partial charge in [-0.1, -0.05) is 6.08 Å². The van der Waals surface area contributed by atoms with E-state index in [2.05, 4.69) is 42.6 Å². The number of nitrogens with zero attached hydrogens (tertiary/aromatic N) is 4. The topological polar surface area (TPSA) is 145 Å². The van der Waals surface area contributed by atoms with E-state index in [1.54, 1.807) is 18.3 Å². The number of pyridine rings is 1. The number of hydrogen-bond donors (Lipinski definition) is 4. The molecule has 0 spiro atoms. The van der Waals surface area contributed by atoms with Crippen molar-refractivity contribution in [3.8, 4) is 0 Å². The van der Waals surface area contributed by atoms with Gasteiger partial charge in [0.05, 0.1) is 45.2 Å². The molecule has 41 heavy (non-hydrogen) atoms. The van der Waals surface area contributed by atoms with Crippen LogP contribution in [0.2, 0.25) is 0 Å². The first-order chi connectivity index (χ1) is 19.7. The van der Waals surface area contributed by atoms with Crippen molar-refractivity contribution in [1.29, 1.82) is 0 Å². The van der Waals surface area contributed by atoms with E-state index in [0.717, 1.165) is 49.4 Å². The van der Waals surface area contributed by atoms with Crippen molar-refractivity contribution in [2.24, 2.45) is 0 Å². The summed E-state index contributed by atoms with van der Waals surface area (Å²) >= 11 is 2.21. The lowest BCUT2D eigenvalue weighted by molar-refractivity contribution is -0.447. The predicted octanol–water partition coefficient (Wildman–Crippen LogP) is 2.47. The second kappa shape index (κ2) is 15.3. The van der Waals surface area contributed by atoms with E-state index in [4.69, 9.17) is 16.6 Å². The van der Waals surface area contributed by atoms with Gasteiger partial charge in [-0.15, -0.1) is 0 Å². The molecule has 1 fully saturated rings. The summed E-state index contributed by atoms with van der Waals surface area (Å²) in [5.41, 5.74) is 15.7. The number of rotatable bonds is 10. The molecule has 6 N–H and O–H groups in total. The molecule has 0 amide bonds. The summed E-state index contributed by atoms with van der Waals surface area (Å²) in [5, 5.41) is 6.60. The van der Waals surface area contributed by atoms with Crippen molar-refractivity contribution in [1.82, 2.24) is 12.7 Å². The Morgan fingerprint density at radius 1 is 1.17 bits per heavy atom. The highest BCUT2D eigenvalue weighted by molar-refractivity contribution is 14.1. The summed E-state index contributed by atoms with van der Waals surface area (Å²) in [7, 11) is -2.46. The molecule has 12 heteroatoms. The fraction of sp³-hybridized carbons (Fsp3) is 0.379. The van der Waals surface area contributed by atoms with Crippen molar-refractivity contribution < 1.29 is 18.5 Å². The number of anilines is 4. The standard InChI is InChI=1S/C28H36IN7O2S.CH4O/c1-3-4-11-32-13-17-35(28-25(30)10-16-36(28)29)26-6-5-24(18-21(26)2)39(37,38)23-8-14-34(15-9-23)20-22-7-12-33-27(31)19-22;1-2/h3-7,10-12,16,18-19,23H,8-9,13-15,17,20,30H2,1-2H3,(H2,31,33);2H,1H3/p+1/b4-3-,32-11?;. The second-order valence-electron chi connectivity index (χ2n) is 9.76. The normalized spacial score (nSPS) is 14.9. The molecule has 1 aliphatic heterocycles. The van der Waals surface area contributed by atoms with Crippen LogP contribution in [0.1, 0.15) is 30.9 Å². The van der Waals surface area contributed by atoms with Crippen molar-refractivity contribution in [3.05, 3.63) is 72.1 Å². The van der Waals surface area contributed by atoms with E-state index < -0.39 is 15.1 Å². The van der Waals surface area contributed by atoms with Gasteiger partial charge in [0.25, 0.3) is 0 Å². The fourth-order valence-electron chi connectivity index (χ4n) is 4.98. The number of nitrogens with one attached hydrogen (secondary N) is 1. The Morgan fingerprint density at radius 3 is 2.51 bits per heavy atom. The zero-order chi connectivity index (χ0) is 30.0. The average Bonchev–Trinajstić information content (AvgIpc) is 3.30. The summed E-state index contributed by atoms with van der Waals surface area (Å²) in [5.74, 6) is 1.37. The molecule has 1 saturated heterocycles. The number of benzene rings is 1. The number of aromatic nitrogens is 2. The highest BCUT2D eigenvalue weighted by atomic mass is 127. The summed E-state index contributed by atoms with van der Waals surface area (Å²) in [4.78, 5) is 12.1. The van der Waals surface area contributed by atoms with Gasteiger partial charge in [-0.05, 0) is 93.4 Å². The number of sulfone groups is 1. The summed E-state index contributed by atoms with van der Waals surface area (Å²) in [6.45, 7) is 7.46. The minimum atomic E-state index is -3.46. The van der Waals surface area contributed by atoms with Crippen LogP contribution in [0.5, 0.6) is 0 Å². The number of likely N-dealkylation sites (tertiary alicyclic amines) is 1. The van der Waals surface area contributed by atoms with Crippen LogP contribution >= 0.6 is 22.9 Å². The average molecular weight is 695 g/mol. The molecule has 222 valence electrons. The van der Waals surface area contributed by atoms with E-state index in [1.807, 2.05) is 65.5 Å². The smallest absolute Gasteiger partial charge is 0.181 e. The van der Waals surface area contributed by atoms with E-state index in [0.29, 0.717) is 42.3 Å². The van der Waals surface area contributed by atoms with E-state index in [9.17, 15) is 8.42 Å². The van der Waals surface area contributed by atoms with E-state index in [1.165, 1.54) is 0 Å². The Balaban J connectivity index is 0.00000226. The lowest BCUT2D eigenvalue weighted by Crippen LogP contribution is -2.70. The van der Waals surface area contributed by atoms with Gasteiger partial charge in [0.2, 0.25) is 0 Å². The quantitative estimate of drug-likeness (QED) is 0.187. The zero-order valence-corrected chi connectivity index (χ0v) is 26.8. The van der Waals surface area contributed by atoms with Crippen molar-refractivity contribution >= 4 is 61.9 Å². The zero-order valence-electron chi connectivity index (χ0n) is 23.9. The molecule has 0 atom stereocenters. The number of nitrogen functional groups attached to an aromatic ring is 2. The van der Waals surface area contributed by atoms with Gasteiger partial charge in [-0.25, -0.2) is 18.4 Å². The number of allylic oxidation sites excluding steroid dienone is 2. The lowest BCUT2D eigenvalue weighted by atomic mass is 10.1. The predicted molar refractivity (Wildman–Crippen MR) is 175 cm³/mol. The summed E-state index contributed by atoms with van der Waals surface area (Å²) in [6, 6.07) is 11.1. The van der Waals surface area contributed by atoms with Gasteiger partial charge in [-0.2, -0.15) is 0 Å². The molecule has 0 bridgehead atoms. The minimum Gasteiger partial charge on any atom is -0.400 e. The van der Waals surface area contributed by atoms with Crippen LogP contribution in [0.15, 0.2) is 65.8 Å². The van der Waals surface area contributed by atoms with Gasteiger partial charge in [0, 0.05) is 31.7 Å². The Hall–Kier alpha value is -2.94. The number of halogens is 1. The maximum atomic E-state index is 13.6. The Kier molecular flexibility index (Phi) is 12.2. The third-order valence-corrected chi connectivity index (χ3v) is 10.0. The number of aliphatic hydroxyl groups is 1. The fourth-order valence-corrected chi connectivity index (χ4v) is 7.49. The molecule has 0 aliphatic carbocycles. The molecule has 0 unspecified atom stereocenters. The molecular formula is C29H41IN7O3S+. The first kappa shape index (κ1) is 32.6. The van der Waals surface area contributed by atoms with E-state index in [-0.39, 0.29) is 0 Å². The molecule has 3 aromatic rings. The number of nitrogens with two attached hydrogens (primary N) is 2. The number of hydrogen-bond acceptors (Lipinski definition) is 8. The van der Waals surface area contributed by atoms with Crippen LogP contribution in [0.4, 0.5) is 23.0 Å². The molecule has 1 aliphatic rings. The van der Waals surface area contributed by atoms with Crippen LogP contribution in [0, 0.1) is 6.92 Å². The molecule has 3 heterocycles. The van der Waals surface area contributed by atoms with E-state index >= 15 is 0 Å². The monoisotopic (exact) mass is 694 g/mol. The van der Waals surface area contributed by atoms with Crippen LogP contribution in [-0.4, -0.2) is 70.9 Å². The molecule has 10 nitrogen and oxygen atoms in total. The summed E-state index contributed by atoms with van der Waals surface area (Å²) < 4.78 is 29.2. The number of aliphatic hydroxyl groups excluding tert-OH is 1. The maximum absolute atomic E-state index is 13.6. The largest absolute Gasteiger partial charge is 0.400 e. The molecular weight excluding hydrogens is 653 g/mol. The van der Waals surface area contributed by atoms with Crippen molar-refractivity contribution in [2.45, 2.75) is 43.4 Å². The van der Waals surface area contributed by atoms with Gasteiger partial charge < -0.3 is 21.5 Å². The molecule has 0 radical (unpaired) electrons. The maximum Gasteiger partial charge on any atom is 0.181 e. The van der Waals surface area contributed by atoms with Gasteiger partial charge >= 0.3 is 0 Å². The van der Waals surface area contributed by atoms with Crippen LogP contribution < -0.4 is 21.4 Å². The highest BCUT2D eigenvalue weighted by Crippen LogP contribution is 2.36. The second-order valence-corrected chi connectivity index (χ2v) is 13.0. The lowest BCUT2D eigenvalue weighted by Gasteiger charge is -2.32. The highest BCUT2D eigenvalue weighted by Gasteiger charge is 2.32. The van der Waals surface area contributed by atoms with Crippen LogP contribution in [-0.2, 0) is 16.4 Å². The third-order valence-electron chi connectivity index (χ3n) is 7.00. The van der Waals surface area contributed by atoms with Gasteiger partial charge in [-0.3, -0.25) is 7.68 Å². The number of aryl methyl sites for hydroxylation is 1. The third kappa shape index (κ3) is 8.31. The van der Waals surface area contributed by atoms with Gasteiger partial charge in [0.15, 0.2) is 22.6 Å². The summed E-state index contributed by atoms with van der Waals surface area (Å²) in [6.07, 6.45) is 10.6. The number of piperidine rings is 1. The molecule has 4 rings (SSSR count). The SMILES string of the molecule is C/C=C\C=[NH+]CCN(c1ccc(S(=O)(=O)C2CCN(Cc3ccnc(N)c3)CC2)cc1C)c1c(N)ccn1I.CO. The van der Waals surface area contributed by atoms with Crippen LogP contribution in [0.3, 0.4) is 0 Å². The Labute approximate surface area is 257 Å². The Morgan fingerprint density at radius 2 is 1.90 bits per heavy atom. The van der Waals surface area contributed by atoms with Crippen LogP contribution in [0.25, 0.3) is 0 Å².